The van der Waals surface area contributed by atoms with Crippen LogP contribution in [0.4, 0.5) is 4.39 Å². The first-order valence-electron chi connectivity index (χ1n) is 5.64. The molecule has 1 N–H and O–H groups in total. The number of unbranched alkanes of at least 4 members (excludes halogenated alkanes) is 1. The Morgan fingerprint density at radius 3 is 2.88 bits per heavy atom. The van der Waals surface area contributed by atoms with Crippen molar-refractivity contribution in [3.8, 4) is 11.4 Å². The topological polar surface area (TPSA) is 33.6 Å². The maximum Gasteiger partial charge on any atom is 0.195 e. The van der Waals surface area contributed by atoms with Gasteiger partial charge in [-0.05, 0) is 30.8 Å². The third-order valence-electron chi connectivity index (χ3n) is 2.61. The third-order valence-corrected chi connectivity index (χ3v) is 2.92. The maximum absolute atomic E-state index is 13.7. The summed E-state index contributed by atoms with van der Waals surface area (Å²) in [5.74, 6) is 0.292. The number of aromatic nitrogens is 3. The SMILES string of the molecule is CCCCn1c(-c2ccccc2F)n[nH]c1=S. The van der Waals surface area contributed by atoms with Gasteiger partial charge in [-0.1, -0.05) is 25.5 Å². The predicted molar refractivity (Wildman–Crippen MR) is 67.7 cm³/mol. The van der Waals surface area contributed by atoms with Crippen LogP contribution in [0.2, 0.25) is 0 Å². The fourth-order valence-corrected chi connectivity index (χ4v) is 1.91. The minimum absolute atomic E-state index is 0.278. The van der Waals surface area contributed by atoms with Gasteiger partial charge in [0.15, 0.2) is 10.6 Å². The molecule has 90 valence electrons. The number of H-pyrrole nitrogens is 1. The van der Waals surface area contributed by atoms with Gasteiger partial charge in [0.1, 0.15) is 5.82 Å². The molecule has 0 aliphatic heterocycles. The van der Waals surface area contributed by atoms with Crippen LogP contribution in [-0.2, 0) is 6.54 Å². The summed E-state index contributed by atoms with van der Waals surface area (Å²) in [5, 5.41) is 6.83. The molecule has 1 heterocycles. The Balaban J connectivity index is 2.46. The van der Waals surface area contributed by atoms with Crippen LogP contribution in [0.15, 0.2) is 24.3 Å². The monoisotopic (exact) mass is 251 g/mol. The highest BCUT2D eigenvalue weighted by Crippen LogP contribution is 2.20. The van der Waals surface area contributed by atoms with E-state index >= 15 is 0 Å². The normalized spacial score (nSPS) is 10.7. The summed E-state index contributed by atoms with van der Waals surface area (Å²) < 4.78 is 16.1. The summed E-state index contributed by atoms with van der Waals surface area (Å²) in [7, 11) is 0. The molecule has 1 aromatic heterocycles. The fraction of sp³-hybridized carbons (Fsp3) is 0.333. The molecule has 2 aromatic rings. The molecule has 0 bridgehead atoms. The van der Waals surface area contributed by atoms with Gasteiger partial charge < -0.3 is 4.57 Å². The Kier molecular flexibility index (Phi) is 3.68. The van der Waals surface area contributed by atoms with Crippen molar-refractivity contribution >= 4 is 12.2 Å². The molecule has 0 aliphatic rings. The summed E-state index contributed by atoms with van der Waals surface area (Å²) in [5.41, 5.74) is 0.482. The molecule has 0 atom stereocenters. The Morgan fingerprint density at radius 2 is 2.18 bits per heavy atom. The van der Waals surface area contributed by atoms with E-state index in [9.17, 15) is 4.39 Å². The van der Waals surface area contributed by atoms with Gasteiger partial charge in [-0.3, -0.25) is 5.10 Å². The highest BCUT2D eigenvalue weighted by molar-refractivity contribution is 7.71. The van der Waals surface area contributed by atoms with Crippen LogP contribution in [0.3, 0.4) is 0 Å². The minimum Gasteiger partial charge on any atom is -0.300 e. The Morgan fingerprint density at radius 1 is 1.41 bits per heavy atom. The molecule has 17 heavy (non-hydrogen) atoms. The van der Waals surface area contributed by atoms with Crippen molar-refractivity contribution in [3.63, 3.8) is 0 Å². The van der Waals surface area contributed by atoms with E-state index in [0.29, 0.717) is 16.2 Å². The first kappa shape index (κ1) is 12.0. The molecule has 0 saturated carbocycles. The first-order valence-corrected chi connectivity index (χ1v) is 6.05. The largest absolute Gasteiger partial charge is 0.300 e. The van der Waals surface area contributed by atoms with Crippen molar-refractivity contribution in [2.75, 3.05) is 0 Å². The van der Waals surface area contributed by atoms with E-state index < -0.39 is 0 Å². The van der Waals surface area contributed by atoms with Crippen molar-refractivity contribution < 1.29 is 4.39 Å². The molecule has 3 nitrogen and oxygen atoms in total. The second kappa shape index (κ2) is 5.23. The van der Waals surface area contributed by atoms with Crippen LogP contribution in [0, 0.1) is 10.6 Å². The van der Waals surface area contributed by atoms with Gasteiger partial charge in [0.05, 0.1) is 5.56 Å². The number of aromatic amines is 1. The second-order valence-electron chi connectivity index (χ2n) is 3.84. The van der Waals surface area contributed by atoms with Crippen LogP contribution < -0.4 is 0 Å². The van der Waals surface area contributed by atoms with Crippen LogP contribution in [0.5, 0.6) is 0 Å². The second-order valence-corrected chi connectivity index (χ2v) is 4.22. The summed E-state index contributed by atoms with van der Waals surface area (Å²) in [6.07, 6.45) is 2.05. The zero-order valence-electron chi connectivity index (χ0n) is 9.61. The molecule has 5 heteroatoms. The molecule has 0 amide bonds. The predicted octanol–water partition coefficient (Wildman–Crippen LogP) is 3.55. The van der Waals surface area contributed by atoms with E-state index in [-0.39, 0.29) is 5.82 Å². The van der Waals surface area contributed by atoms with E-state index in [2.05, 4.69) is 17.1 Å². The molecule has 0 radical (unpaired) electrons. The average Bonchev–Trinajstić information content (AvgIpc) is 2.69. The number of nitrogens with one attached hydrogen (secondary N) is 1. The van der Waals surface area contributed by atoms with Gasteiger partial charge in [0.25, 0.3) is 0 Å². The number of hydrogen-bond donors (Lipinski definition) is 1. The van der Waals surface area contributed by atoms with Gasteiger partial charge in [-0.15, -0.1) is 0 Å². The summed E-state index contributed by atoms with van der Waals surface area (Å²) in [6.45, 7) is 2.86. The van der Waals surface area contributed by atoms with Crippen molar-refractivity contribution in [1.82, 2.24) is 14.8 Å². The Hall–Kier alpha value is -1.49. The lowest BCUT2D eigenvalue weighted by Gasteiger charge is -2.06. The van der Waals surface area contributed by atoms with E-state index in [1.54, 1.807) is 18.2 Å². The van der Waals surface area contributed by atoms with E-state index in [1.807, 2.05) is 4.57 Å². The molecule has 0 fully saturated rings. The standard InChI is InChI=1S/C12H14FN3S/c1-2-3-8-16-11(14-15-12(16)17)9-6-4-5-7-10(9)13/h4-7H,2-3,8H2,1H3,(H,15,17). The van der Waals surface area contributed by atoms with E-state index in [1.165, 1.54) is 6.07 Å². The van der Waals surface area contributed by atoms with Gasteiger partial charge >= 0.3 is 0 Å². The summed E-state index contributed by atoms with van der Waals surface area (Å²) in [6, 6.07) is 6.59. The molecule has 1 aromatic carbocycles. The highest BCUT2D eigenvalue weighted by atomic mass is 32.1. The molecule has 0 spiro atoms. The molecular weight excluding hydrogens is 237 g/mol. The zero-order valence-corrected chi connectivity index (χ0v) is 10.4. The number of rotatable bonds is 4. The minimum atomic E-state index is -0.278. The lowest BCUT2D eigenvalue weighted by Crippen LogP contribution is -2.01. The molecular formula is C12H14FN3S. The Labute approximate surface area is 104 Å². The number of halogens is 1. The Bertz CT molecular complexity index is 559. The quantitative estimate of drug-likeness (QED) is 0.843. The number of hydrogen-bond acceptors (Lipinski definition) is 2. The van der Waals surface area contributed by atoms with Crippen LogP contribution in [0.1, 0.15) is 19.8 Å². The van der Waals surface area contributed by atoms with E-state index in [4.69, 9.17) is 12.2 Å². The van der Waals surface area contributed by atoms with Gasteiger partial charge in [-0.25, -0.2) is 4.39 Å². The van der Waals surface area contributed by atoms with Crippen molar-refractivity contribution in [2.24, 2.45) is 0 Å². The average molecular weight is 251 g/mol. The zero-order chi connectivity index (χ0) is 12.3. The molecule has 0 aliphatic carbocycles. The smallest absolute Gasteiger partial charge is 0.195 e. The first-order chi connectivity index (χ1) is 8.24. The molecule has 2 rings (SSSR count). The summed E-state index contributed by atoms with van der Waals surface area (Å²) in [4.78, 5) is 0. The number of benzene rings is 1. The lowest BCUT2D eigenvalue weighted by atomic mass is 10.2. The van der Waals surface area contributed by atoms with Gasteiger partial charge in [0, 0.05) is 6.54 Å². The maximum atomic E-state index is 13.7. The van der Waals surface area contributed by atoms with Gasteiger partial charge in [-0.2, -0.15) is 5.10 Å². The van der Waals surface area contributed by atoms with Crippen LogP contribution in [-0.4, -0.2) is 14.8 Å². The third kappa shape index (κ3) is 2.44. The number of nitrogens with zero attached hydrogens (tertiary/aromatic N) is 2. The van der Waals surface area contributed by atoms with Crippen molar-refractivity contribution in [2.45, 2.75) is 26.3 Å². The molecule has 0 unspecified atom stereocenters. The van der Waals surface area contributed by atoms with Crippen LogP contribution >= 0.6 is 12.2 Å². The fourth-order valence-electron chi connectivity index (χ4n) is 1.69. The molecule has 0 saturated heterocycles. The lowest BCUT2D eigenvalue weighted by molar-refractivity contribution is 0.612. The highest BCUT2D eigenvalue weighted by Gasteiger charge is 2.11. The van der Waals surface area contributed by atoms with E-state index in [0.717, 1.165) is 19.4 Å². The van der Waals surface area contributed by atoms with Crippen molar-refractivity contribution in [3.05, 3.63) is 34.9 Å². The van der Waals surface area contributed by atoms with Crippen LogP contribution in [0.25, 0.3) is 11.4 Å². The van der Waals surface area contributed by atoms with Crippen molar-refractivity contribution in [1.29, 1.82) is 0 Å². The summed E-state index contributed by atoms with van der Waals surface area (Å²) >= 11 is 5.15. The van der Waals surface area contributed by atoms with Gasteiger partial charge in [0.2, 0.25) is 0 Å².